The minimum atomic E-state index is -0.189. The van der Waals surface area contributed by atoms with E-state index in [-0.39, 0.29) is 18.0 Å². The second-order valence-corrected chi connectivity index (χ2v) is 5.22. The molecule has 0 spiro atoms. The number of hydrogen-bond donors (Lipinski definition) is 1. The smallest absolute Gasteiger partial charge is 0.304 e. The summed E-state index contributed by atoms with van der Waals surface area (Å²) >= 11 is 0. The summed E-state index contributed by atoms with van der Waals surface area (Å²) in [5.41, 5.74) is 1.11. The molecule has 3 rings (SSSR count). The zero-order chi connectivity index (χ0) is 14.7. The fourth-order valence-corrected chi connectivity index (χ4v) is 2.91. The average molecular weight is 285 g/mol. The number of anilines is 1. The molecule has 0 bridgehead atoms. The minimum absolute atomic E-state index is 0.0197. The van der Waals surface area contributed by atoms with E-state index < -0.39 is 0 Å². The zero-order valence-corrected chi connectivity index (χ0v) is 12.0. The van der Waals surface area contributed by atoms with Crippen LogP contribution >= 0.6 is 0 Å². The summed E-state index contributed by atoms with van der Waals surface area (Å²) < 4.78 is 5.41. The average Bonchev–Trinajstić information content (AvgIpc) is 2.99. The van der Waals surface area contributed by atoms with Gasteiger partial charge in [-0.25, -0.2) is 4.98 Å². The van der Waals surface area contributed by atoms with Gasteiger partial charge in [-0.15, -0.1) is 0 Å². The van der Waals surface area contributed by atoms with Crippen molar-refractivity contribution < 1.29 is 9.21 Å². The molecule has 1 N–H and O–H groups in total. The molecule has 0 radical (unpaired) electrons. The quantitative estimate of drug-likeness (QED) is 0.941. The monoisotopic (exact) mass is 285 g/mol. The van der Waals surface area contributed by atoms with E-state index in [0.29, 0.717) is 6.01 Å². The summed E-state index contributed by atoms with van der Waals surface area (Å²) in [4.78, 5) is 18.7. The molecule has 110 valence electrons. The third-order valence-corrected chi connectivity index (χ3v) is 3.98. The third-order valence-electron chi connectivity index (χ3n) is 3.98. The second-order valence-electron chi connectivity index (χ2n) is 5.22. The van der Waals surface area contributed by atoms with Crippen LogP contribution in [0.3, 0.4) is 0 Å². The number of hydrogen-bond acceptors (Lipinski definition) is 4. The standard InChI is InChI=1S/C16H19N3O2/c1-17-13-8-5-9-14(12-6-3-2-4-7-12)19(15(13)20)16-18-10-11-21-16/h2-4,6-7,10-11,13-14,17H,5,8-9H2,1H3. The van der Waals surface area contributed by atoms with Gasteiger partial charge in [0.05, 0.1) is 18.3 Å². The van der Waals surface area contributed by atoms with Crippen LogP contribution < -0.4 is 10.2 Å². The Morgan fingerprint density at radius 1 is 1.29 bits per heavy atom. The largest absolute Gasteiger partial charge is 0.432 e. The van der Waals surface area contributed by atoms with Gasteiger partial charge in [0, 0.05) is 0 Å². The van der Waals surface area contributed by atoms with Gasteiger partial charge in [-0.3, -0.25) is 9.69 Å². The summed E-state index contributed by atoms with van der Waals surface area (Å²) in [5.74, 6) is 0.0197. The first-order valence-corrected chi connectivity index (χ1v) is 7.26. The number of carbonyl (C=O) groups excluding carboxylic acids is 1. The zero-order valence-electron chi connectivity index (χ0n) is 12.0. The highest BCUT2D eigenvalue weighted by atomic mass is 16.4. The number of oxazole rings is 1. The normalized spacial score (nSPS) is 23.1. The number of carbonyl (C=O) groups is 1. The van der Waals surface area contributed by atoms with E-state index in [0.717, 1.165) is 24.8 Å². The third kappa shape index (κ3) is 2.69. The van der Waals surface area contributed by atoms with Crippen LogP contribution in [0.1, 0.15) is 30.9 Å². The Kier molecular flexibility index (Phi) is 4.01. The van der Waals surface area contributed by atoms with Crippen molar-refractivity contribution in [2.45, 2.75) is 31.3 Å². The van der Waals surface area contributed by atoms with Gasteiger partial charge in [-0.05, 0) is 31.9 Å². The van der Waals surface area contributed by atoms with E-state index in [9.17, 15) is 4.79 Å². The van der Waals surface area contributed by atoms with Gasteiger partial charge in [0.15, 0.2) is 0 Å². The molecular weight excluding hydrogens is 266 g/mol. The molecule has 1 fully saturated rings. The molecule has 1 aromatic heterocycles. The molecule has 2 unspecified atom stereocenters. The van der Waals surface area contributed by atoms with Crippen molar-refractivity contribution in [3.63, 3.8) is 0 Å². The Bertz CT molecular complexity index is 583. The molecule has 5 nitrogen and oxygen atoms in total. The lowest BCUT2D eigenvalue weighted by molar-refractivity contribution is -0.121. The molecule has 5 heteroatoms. The Balaban J connectivity index is 2.02. The van der Waals surface area contributed by atoms with Crippen LogP contribution in [0.25, 0.3) is 0 Å². The fraction of sp³-hybridized carbons (Fsp3) is 0.375. The molecule has 1 aliphatic heterocycles. The molecule has 21 heavy (non-hydrogen) atoms. The van der Waals surface area contributed by atoms with Crippen LogP contribution in [0, 0.1) is 0 Å². The lowest BCUT2D eigenvalue weighted by Crippen LogP contribution is -2.45. The van der Waals surface area contributed by atoms with Crippen LogP contribution in [0.5, 0.6) is 0 Å². The minimum Gasteiger partial charge on any atom is -0.432 e. The molecule has 1 amide bonds. The highest BCUT2D eigenvalue weighted by Crippen LogP contribution is 2.34. The van der Waals surface area contributed by atoms with Crippen molar-refractivity contribution >= 4 is 11.9 Å². The highest BCUT2D eigenvalue weighted by molar-refractivity contribution is 5.96. The Hall–Kier alpha value is -2.14. The summed E-state index contributed by atoms with van der Waals surface area (Å²) in [6, 6.07) is 10.2. The second kappa shape index (κ2) is 6.10. The number of likely N-dealkylation sites (N-methyl/N-ethyl adjacent to an activating group) is 1. The predicted octanol–water partition coefficient (Wildman–Crippen LogP) is 2.52. The summed E-state index contributed by atoms with van der Waals surface area (Å²) in [5, 5.41) is 3.10. The van der Waals surface area contributed by atoms with Crippen LogP contribution in [-0.4, -0.2) is 24.0 Å². The van der Waals surface area contributed by atoms with Crippen molar-refractivity contribution in [2.24, 2.45) is 0 Å². The van der Waals surface area contributed by atoms with Gasteiger partial charge < -0.3 is 9.73 Å². The van der Waals surface area contributed by atoms with E-state index in [2.05, 4.69) is 10.3 Å². The van der Waals surface area contributed by atoms with Crippen molar-refractivity contribution in [1.82, 2.24) is 10.3 Å². The molecule has 2 aromatic rings. The highest BCUT2D eigenvalue weighted by Gasteiger charge is 2.36. The maximum atomic E-state index is 12.8. The van der Waals surface area contributed by atoms with Gasteiger partial charge >= 0.3 is 6.01 Å². The van der Waals surface area contributed by atoms with Crippen LogP contribution in [-0.2, 0) is 4.79 Å². The number of nitrogens with zero attached hydrogens (tertiary/aromatic N) is 2. The Morgan fingerprint density at radius 3 is 2.76 bits per heavy atom. The van der Waals surface area contributed by atoms with Crippen LogP contribution in [0.15, 0.2) is 47.2 Å². The van der Waals surface area contributed by atoms with Crippen molar-refractivity contribution in [3.05, 3.63) is 48.4 Å². The molecule has 1 aliphatic rings. The first-order chi connectivity index (χ1) is 10.3. The van der Waals surface area contributed by atoms with Crippen LogP contribution in [0.4, 0.5) is 6.01 Å². The number of amides is 1. The van der Waals surface area contributed by atoms with Crippen molar-refractivity contribution in [1.29, 1.82) is 0 Å². The van der Waals surface area contributed by atoms with E-state index in [1.807, 2.05) is 37.4 Å². The summed E-state index contributed by atoms with van der Waals surface area (Å²) in [6.45, 7) is 0. The SMILES string of the molecule is CNC1CCCC(c2ccccc2)N(c2ncco2)C1=O. The topological polar surface area (TPSA) is 58.4 Å². The van der Waals surface area contributed by atoms with Gasteiger partial charge in [-0.2, -0.15) is 0 Å². The van der Waals surface area contributed by atoms with Crippen LogP contribution in [0.2, 0.25) is 0 Å². The molecule has 0 saturated carbocycles. The molecule has 2 heterocycles. The maximum Gasteiger partial charge on any atom is 0.304 e. The molecule has 2 atom stereocenters. The number of rotatable bonds is 3. The summed E-state index contributed by atoms with van der Waals surface area (Å²) in [7, 11) is 1.82. The lowest BCUT2D eigenvalue weighted by Gasteiger charge is -2.28. The van der Waals surface area contributed by atoms with E-state index in [1.54, 1.807) is 11.1 Å². The fourth-order valence-electron chi connectivity index (χ4n) is 2.91. The lowest BCUT2D eigenvalue weighted by atomic mass is 10.0. The van der Waals surface area contributed by atoms with E-state index in [4.69, 9.17) is 4.42 Å². The van der Waals surface area contributed by atoms with Crippen molar-refractivity contribution in [2.75, 3.05) is 11.9 Å². The van der Waals surface area contributed by atoms with Gasteiger partial charge in [0.1, 0.15) is 6.26 Å². The van der Waals surface area contributed by atoms with E-state index in [1.165, 1.54) is 6.26 Å². The predicted molar refractivity (Wildman–Crippen MR) is 79.9 cm³/mol. The van der Waals surface area contributed by atoms with Gasteiger partial charge in [0.2, 0.25) is 5.91 Å². The molecular formula is C16H19N3O2. The Labute approximate surface area is 124 Å². The van der Waals surface area contributed by atoms with Gasteiger partial charge in [0.25, 0.3) is 0 Å². The van der Waals surface area contributed by atoms with E-state index >= 15 is 0 Å². The van der Waals surface area contributed by atoms with Gasteiger partial charge in [-0.1, -0.05) is 30.3 Å². The summed E-state index contributed by atoms with van der Waals surface area (Å²) in [6.07, 6.45) is 5.79. The molecule has 1 aromatic carbocycles. The maximum absolute atomic E-state index is 12.8. The Morgan fingerprint density at radius 2 is 2.10 bits per heavy atom. The molecule has 0 aliphatic carbocycles. The van der Waals surface area contributed by atoms with Crippen molar-refractivity contribution in [3.8, 4) is 0 Å². The number of aromatic nitrogens is 1. The first-order valence-electron chi connectivity index (χ1n) is 7.26. The first kappa shape index (κ1) is 13.8. The number of benzene rings is 1. The molecule has 1 saturated heterocycles. The number of nitrogens with one attached hydrogen (secondary N) is 1.